The lowest BCUT2D eigenvalue weighted by Gasteiger charge is -2.31. The number of aryl methyl sites for hydroxylation is 2. The van der Waals surface area contributed by atoms with Crippen molar-refractivity contribution in [3.05, 3.63) is 83.4 Å². The van der Waals surface area contributed by atoms with Crippen LogP contribution in [0.2, 0.25) is 0 Å². The fourth-order valence-electron chi connectivity index (χ4n) is 4.71. The molecule has 5 rings (SSSR count). The number of fused-ring (bicyclic) bond motifs is 2. The normalized spacial score (nSPS) is 15.5. The summed E-state index contributed by atoms with van der Waals surface area (Å²) in [5, 5.41) is 0. The smallest absolute Gasteiger partial charge is 0.264 e. The van der Waals surface area contributed by atoms with Gasteiger partial charge in [0.25, 0.3) is 15.9 Å². The molecule has 170 valence electrons. The monoisotopic (exact) mass is 462 g/mol. The van der Waals surface area contributed by atoms with Gasteiger partial charge in [-0.1, -0.05) is 18.2 Å². The van der Waals surface area contributed by atoms with E-state index in [1.54, 1.807) is 36.3 Å². The quantitative estimate of drug-likeness (QED) is 0.575. The molecular formula is C26H26N2O4S. The van der Waals surface area contributed by atoms with Gasteiger partial charge in [0.15, 0.2) is 0 Å². The van der Waals surface area contributed by atoms with E-state index in [-0.39, 0.29) is 10.8 Å². The first-order chi connectivity index (χ1) is 16.0. The van der Waals surface area contributed by atoms with Gasteiger partial charge < -0.3 is 9.64 Å². The Bertz CT molecular complexity index is 1300. The maximum absolute atomic E-state index is 13.4. The van der Waals surface area contributed by atoms with Crippen molar-refractivity contribution in [1.29, 1.82) is 0 Å². The van der Waals surface area contributed by atoms with E-state index in [9.17, 15) is 13.2 Å². The molecule has 0 saturated carbocycles. The molecule has 0 saturated heterocycles. The number of carbonyl (C=O) groups is 1. The molecule has 33 heavy (non-hydrogen) atoms. The van der Waals surface area contributed by atoms with Crippen LogP contribution < -0.4 is 13.9 Å². The predicted octanol–water partition coefficient (Wildman–Crippen LogP) is 4.43. The van der Waals surface area contributed by atoms with Crippen LogP contribution in [-0.2, 0) is 22.9 Å². The van der Waals surface area contributed by atoms with E-state index < -0.39 is 10.0 Å². The standard InChI is InChI=1S/C26H26N2O4S/c1-32-22-12-15-24-21(18-22)8-4-16-27(24)26(29)20-10-13-23(14-11-20)33(30,31)28-17-5-7-19-6-2-3-9-25(19)28/h2-3,6,9-15,18H,4-5,7-8,16-17H2,1H3. The minimum Gasteiger partial charge on any atom is -0.497 e. The van der Waals surface area contributed by atoms with Crippen LogP contribution in [0.5, 0.6) is 5.75 Å². The highest BCUT2D eigenvalue weighted by Gasteiger charge is 2.30. The number of hydrogen-bond acceptors (Lipinski definition) is 4. The topological polar surface area (TPSA) is 66.9 Å². The number of benzene rings is 3. The summed E-state index contributed by atoms with van der Waals surface area (Å²) in [6.07, 6.45) is 3.42. The number of para-hydroxylation sites is 1. The number of ether oxygens (including phenoxy) is 1. The van der Waals surface area contributed by atoms with Crippen LogP contribution in [0.1, 0.15) is 34.3 Å². The minimum absolute atomic E-state index is 0.131. The Kier molecular flexibility index (Phi) is 5.58. The van der Waals surface area contributed by atoms with E-state index in [2.05, 4.69) is 0 Å². The van der Waals surface area contributed by atoms with Gasteiger partial charge in [0.1, 0.15) is 5.75 Å². The maximum atomic E-state index is 13.4. The molecule has 2 heterocycles. The Morgan fingerprint density at radius 2 is 1.58 bits per heavy atom. The highest BCUT2D eigenvalue weighted by atomic mass is 32.2. The number of hydrogen-bond donors (Lipinski definition) is 0. The molecule has 0 fully saturated rings. The lowest BCUT2D eigenvalue weighted by Crippen LogP contribution is -2.36. The van der Waals surface area contributed by atoms with Gasteiger partial charge in [-0.2, -0.15) is 0 Å². The van der Waals surface area contributed by atoms with Crippen molar-refractivity contribution in [1.82, 2.24) is 0 Å². The third kappa shape index (κ3) is 3.86. The molecule has 1 amide bonds. The number of amides is 1. The third-order valence-electron chi connectivity index (χ3n) is 6.41. The second kappa shape index (κ2) is 8.56. The van der Waals surface area contributed by atoms with E-state index in [1.807, 2.05) is 42.5 Å². The molecule has 0 unspecified atom stereocenters. The van der Waals surface area contributed by atoms with Gasteiger partial charge in [0, 0.05) is 24.3 Å². The third-order valence-corrected chi connectivity index (χ3v) is 8.23. The highest BCUT2D eigenvalue weighted by molar-refractivity contribution is 7.92. The van der Waals surface area contributed by atoms with Crippen molar-refractivity contribution in [2.75, 3.05) is 29.4 Å². The Morgan fingerprint density at radius 3 is 2.36 bits per heavy atom. The molecule has 0 bridgehead atoms. The van der Waals surface area contributed by atoms with Crippen molar-refractivity contribution >= 4 is 27.3 Å². The van der Waals surface area contributed by atoms with Crippen LogP contribution in [0.4, 0.5) is 11.4 Å². The fraction of sp³-hybridized carbons (Fsp3) is 0.269. The minimum atomic E-state index is -3.70. The van der Waals surface area contributed by atoms with E-state index >= 15 is 0 Å². The number of methoxy groups -OCH3 is 1. The molecule has 3 aromatic carbocycles. The molecular weight excluding hydrogens is 436 g/mol. The highest BCUT2D eigenvalue weighted by Crippen LogP contribution is 2.33. The fourth-order valence-corrected chi connectivity index (χ4v) is 6.25. The van der Waals surface area contributed by atoms with Crippen molar-refractivity contribution < 1.29 is 17.9 Å². The molecule has 0 aromatic heterocycles. The summed E-state index contributed by atoms with van der Waals surface area (Å²) in [5.41, 5.74) is 4.21. The Labute approximate surface area is 194 Å². The zero-order valence-electron chi connectivity index (χ0n) is 18.5. The Morgan fingerprint density at radius 1 is 0.848 bits per heavy atom. The van der Waals surface area contributed by atoms with E-state index in [4.69, 9.17) is 4.74 Å². The lowest BCUT2D eigenvalue weighted by atomic mass is 10.0. The Hall–Kier alpha value is -3.32. The maximum Gasteiger partial charge on any atom is 0.264 e. The molecule has 0 atom stereocenters. The van der Waals surface area contributed by atoms with Crippen LogP contribution in [0.3, 0.4) is 0 Å². The predicted molar refractivity (Wildman–Crippen MR) is 129 cm³/mol. The van der Waals surface area contributed by atoms with Gasteiger partial charge in [-0.15, -0.1) is 0 Å². The van der Waals surface area contributed by atoms with Gasteiger partial charge in [-0.25, -0.2) is 8.42 Å². The number of carbonyl (C=O) groups excluding carboxylic acids is 1. The van der Waals surface area contributed by atoms with Crippen LogP contribution in [0.25, 0.3) is 0 Å². The first-order valence-corrected chi connectivity index (χ1v) is 12.6. The van der Waals surface area contributed by atoms with Gasteiger partial charge in [-0.3, -0.25) is 9.10 Å². The second-order valence-electron chi connectivity index (χ2n) is 8.39. The van der Waals surface area contributed by atoms with Crippen LogP contribution in [-0.4, -0.2) is 34.5 Å². The van der Waals surface area contributed by atoms with Crippen molar-refractivity contribution in [3.8, 4) is 5.75 Å². The van der Waals surface area contributed by atoms with Gasteiger partial charge in [-0.05, 0) is 85.3 Å². The van der Waals surface area contributed by atoms with E-state index in [1.165, 1.54) is 4.31 Å². The molecule has 0 N–H and O–H groups in total. The van der Waals surface area contributed by atoms with Crippen LogP contribution in [0, 0.1) is 0 Å². The summed E-state index contributed by atoms with van der Waals surface area (Å²) >= 11 is 0. The second-order valence-corrected chi connectivity index (χ2v) is 10.3. The number of anilines is 2. The summed E-state index contributed by atoms with van der Waals surface area (Å²) in [7, 11) is -2.07. The largest absolute Gasteiger partial charge is 0.497 e. The Balaban J connectivity index is 1.41. The molecule has 0 spiro atoms. The molecule has 0 radical (unpaired) electrons. The first kappa shape index (κ1) is 21.5. The zero-order chi connectivity index (χ0) is 23.0. The van der Waals surface area contributed by atoms with Crippen molar-refractivity contribution in [3.63, 3.8) is 0 Å². The van der Waals surface area contributed by atoms with Gasteiger partial charge in [0.2, 0.25) is 0 Å². The van der Waals surface area contributed by atoms with Gasteiger partial charge >= 0.3 is 0 Å². The molecule has 2 aliphatic rings. The average molecular weight is 463 g/mol. The summed E-state index contributed by atoms with van der Waals surface area (Å²) in [6, 6.07) is 19.7. The molecule has 0 aliphatic carbocycles. The van der Waals surface area contributed by atoms with Gasteiger partial charge in [0.05, 0.1) is 17.7 Å². The van der Waals surface area contributed by atoms with Crippen molar-refractivity contribution in [2.45, 2.75) is 30.6 Å². The molecule has 6 nitrogen and oxygen atoms in total. The molecule has 7 heteroatoms. The summed E-state index contributed by atoms with van der Waals surface area (Å²) in [5.74, 6) is 0.644. The molecule has 3 aromatic rings. The SMILES string of the molecule is COc1ccc2c(c1)CCCN2C(=O)c1ccc(S(=O)(=O)N2CCCc3ccccc32)cc1. The molecule has 2 aliphatic heterocycles. The van der Waals surface area contributed by atoms with Crippen LogP contribution in [0.15, 0.2) is 71.6 Å². The number of rotatable bonds is 4. The van der Waals surface area contributed by atoms with Crippen LogP contribution >= 0.6 is 0 Å². The summed E-state index contributed by atoms with van der Waals surface area (Å²) in [4.78, 5) is 15.2. The lowest BCUT2D eigenvalue weighted by molar-refractivity contribution is 0.0985. The van der Waals surface area contributed by atoms with Crippen molar-refractivity contribution in [2.24, 2.45) is 0 Å². The summed E-state index contributed by atoms with van der Waals surface area (Å²) < 4.78 is 33.5. The summed E-state index contributed by atoms with van der Waals surface area (Å²) in [6.45, 7) is 1.08. The number of nitrogens with zero attached hydrogens (tertiary/aromatic N) is 2. The van der Waals surface area contributed by atoms with E-state index in [0.29, 0.717) is 18.7 Å². The van der Waals surface area contributed by atoms with E-state index in [0.717, 1.165) is 53.9 Å². The first-order valence-electron chi connectivity index (χ1n) is 11.2. The number of sulfonamides is 1. The average Bonchev–Trinajstić information content (AvgIpc) is 2.87. The zero-order valence-corrected chi connectivity index (χ0v) is 19.3.